The number of carbonyl (C=O) groups is 1. The Morgan fingerprint density at radius 3 is 2.59 bits per heavy atom. The number of hydrogen-bond acceptors (Lipinski definition) is 4. The van der Waals surface area contributed by atoms with E-state index in [-0.39, 0.29) is 11.9 Å². The lowest BCUT2D eigenvalue weighted by atomic mass is 9.89. The molecule has 2 heterocycles. The van der Waals surface area contributed by atoms with Crippen LogP contribution in [0, 0.1) is 6.92 Å². The van der Waals surface area contributed by atoms with Crippen molar-refractivity contribution in [2.75, 3.05) is 7.11 Å². The van der Waals surface area contributed by atoms with Crippen molar-refractivity contribution in [2.24, 2.45) is 4.99 Å². The Kier molecular flexibility index (Phi) is 4.00. The van der Waals surface area contributed by atoms with Gasteiger partial charge in [0.2, 0.25) is 0 Å². The number of hydrogen-bond donors (Lipinski definition) is 0. The fourth-order valence-corrected chi connectivity index (χ4v) is 2.79. The molecule has 2 aromatic rings. The van der Waals surface area contributed by atoms with E-state index in [1.54, 1.807) is 6.20 Å². The summed E-state index contributed by atoms with van der Waals surface area (Å²) in [5, 5.41) is 0. The average molecular weight is 294 g/mol. The van der Waals surface area contributed by atoms with Crippen LogP contribution in [0.3, 0.4) is 0 Å². The van der Waals surface area contributed by atoms with E-state index in [0.717, 1.165) is 17.0 Å². The van der Waals surface area contributed by atoms with Gasteiger partial charge >= 0.3 is 5.97 Å². The largest absolute Gasteiger partial charge is 0.467 e. The van der Waals surface area contributed by atoms with Gasteiger partial charge in [-0.1, -0.05) is 35.9 Å². The number of esters is 1. The van der Waals surface area contributed by atoms with E-state index in [1.165, 1.54) is 12.7 Å². The number of nitrogens with zero attached hydrogens (tertiary/aromatic N) is 2. The smallest absolute Gasteiger partial charge is 0.331 e. The molecule has 0 N–H and O–H groups in total. The number of rotatable bonds is 3. The molecule has 3 rings (SSSR count). The molecular weight excluding hydrogens is 276 g/mol. The zero-order chi connectivity index (χ0) is 15.5. The molecule has 1 aromatic heterocycles. The van der Waals surface area contributed by atoms with Crippen LogP contribution in [0.15, 0.2) is 53.7 Å². The molecule has 0 fully saturated rings. The highest BCUT2D eigenvalue weighted by atomic mass is 16.5. The summed E-state index contributed by atoms with van der Waals surface area (Å²) in [4.78, 5) is 21.0. The summed E-state index contributed by atoms with van der Waals surface area (Å²) in [7, 11) is 1.41. The number of aromatic nitrogens is 1. The van der Waals surface area contributed by atoms with Crippen LogP contribution < -0.4 is 0 Å². The molecule has 0 amide bonds. The minimum absolute atomic E-state index is 0.00468. The Labute approximate surface area is 129 Å². The molecule has 1 aliphatic rings. The van der Waals surface area contributed by atoms with Crippen molar-refractivity contribution in [3.8, 4) is 0 Å². The van der Waals surface area contributed by atoms with Crippen LogP contribution in [-0.4, -0.2) is 29.8 Å². The molecule has 1 aromatic carbocycles. The topological polar surface area (TPSA) is 51.5 Å². The molecule has 0 bridgehead atoms. The Morgan fingerprint density at radius 2 is 1.95 bits per heavy atom. The Balaban J connectivity index is 1.94. The number of carbonyl (C=O) groups excluding carboxylic acids is 1. The zero-order valence-corrected chi connectivity index (χ0v) is 12.7. The lowest BCUT2D eigenvalue weighted by Crippen LogP contribution is -2.24. The maximum Gasteiger partial charge on any atom is 0.331 e. The first kappa shape index (κ1) is 14.4. The minimum atomic E-state index is -0.496. The van der Waals surface area contributed by atoms with E-state index >= 15 is 0 Å². The predicted molar refractivity (Wildman–Crippen MR) is 85.1 cm³/mol. The van der Waals surface area contributed by atoms with Crippen LogP contribution in [0.4, 0.5) is 0 Å². The van der Waals surface area contributed by atoms with Gasteiger partial charge in [0.05, 0.1) is 18.5 Å². The third-order valence-corrected chi connectivity index (χ3v) is 4.00. The number of benzene rings is 1. The van der Waals surface area contributed by atoms with Crippen molar-refractivity contribution >= 4 is 11.7 Å². The van der Waals surface area contributed by atoms with Gasteiger partial charge in [0.25, 0.3) is 0 Å². The SMILES string of the molecule is COC(=O)[C@@H]1N=C(c2ccccn2)C[C@@H]1c1ccc(C)cc1. The monoisotopic (exact) mass is 294 g/mol. The van der Waals surface area contributed by atoms with E-state index in [9.17, 15) is 4.79 Å². The third-order valence-electron chi connectivity index (χ3n) is 4.00. The van der Waals surface area contributed by atoms with Crippen molar-refractivity contribution in [1.82, 2.24) is 4.98 Å². The van der Waals surface area contributed by atoms with Crippen molar-refractivity contribution in [3.63, 3.8) is 0 Å². The van der Waals surface area contributed by atoms with Gasteiger partial charge in [0.1, 0.15) is 0 Å². The molecule has 1 aliphatic heterocycles. The van der Waals surface area contributed by atoms with E-state index < -0.39 is 6.04 Å². The van der Waals surface area contributed by atoms with Gasteiger partial charge in [-0.15, -0.1) is 0 Å². The highest BCUT2D eigenvalue weighted by molar-refractivity contribution is 6.03. The number of pyridine rings is 1. The highest BCUT2D eigenvalue weighted by Gasteiger charge is 2.37. The molecule has 0 unspecified atom stereocenters. The van der Waals surface area contributed by atoms with E-state index in [1.807, 2.05) is 25.1 Å². The second-order valence-corrected chi connectivity index (χ2v) is 5.48. The number of methoxy groups -OCH3 is 1. The molecule has 0 saturated carbocycles. The zero-order valence-electron chi connectivity index (χ0n) is 12.7. The molecule has 0 spiro atoms. The Morgan fingerprint density at radius 1 is 1.18 bits per heavy atom. The second kappa shape index (κ2) is 6.10. The van der Waals surface area contributed by atoms with E-state index in [4.69, 9.17) is 4.74 Å². The second-order valence-electron chi connectivity index (χ2n) is 5.48. The summed E-state index contributed by atoms with van der Waals surface area (Å²) in [5.41, 5.74) is 3.99. The summed E-state index contributed by atoms with van der Waals surface area (Å²) >= 11 is 0. The maximum absolute atomic E-state index is 12.1. The van der Waals surface area contributed by atoms with Crippen molar-refractivity contribution in [2.45, 2.75) is 25.3 Å². The fourth-order valence-electron chi connectivity index (χ4n) is 2.79. The first-order chi connectivity index (χ1) is 10.7. The van der Waals surface area contributed by atoms with Gasteiger partial charge in [0, 0.05) is 18.5 Å². The Bertz CT molecular complexity index is 693. The highest BCUT2D eigenvalue weighted by Crippen LogP contribution is 2.34. The average Bonchev–Trinajstić information content (AvgIpc) is 3.01. The first-order valence-electron chi connectivity index (χ1n) is 7.31. The first-order valence-corrected chi connectivity index (χ1v) is 7.31. The van der Waals surface area contributed by atoms with Crippen molar-refractivity contribution < 1.29 is 9.53 Å². The Hall–Kier alpha value is -2.49. The molecular formula is C18H18N2O2. The number of aliphatic imine (C=N–C) groups is 1. The molecule has 0 radical (unpaired) electrons. The van der Waals surface area contributed by atoms with Crippen molar-refractivity contribution in [1.29, 1.82) is 0 Å². The molecule has 112 valence electrons. The van der Waals surface area contributed by atoms with Gasteiger partial charge in [-0.05, 0) is 24.6 Å². The van der Waals surface area contributed by atoms with Crippen LogP contribution >= 0.6 is 0 Å². The van der Waals surface area contributed by atoms with Crippen LogP contribution in [0.25, 0.3) is 0 Å². The van der Waals surface area contributed by atoms with Crippen LogP contribution in [0.1, 0.15) is 29.2 Å². The standard InChI is InChI=1S/C18H18N2O2/c1-12-6-8-13(9-7-12)14-11-16(15-5-3-4-10-19-15)20-17(14)18(21)22-2/h3-10,14,17H,11H2,1-2H3/t14-,17-/m1/s1. The minimum Gasteiger partial charge on any atom is -0.467 e. The van der Waals surface area contributed by atoms with Crippen LogP contribution in [0.5, 0.6) is 0 Å². The summed E-state index contributed by atoms with van der Waals surface area (Å²) in [5.74, 6) is -0.290. The molecule has 2 atom stereocenters. The van der Waals surface area contributed by atoms with Gasteiger partial charge in [-0.3, -0.25) is 9.98 Å². The molecule has 4 heteroatoms. The van der Waals surface area contributed by atoms with Crippen molar-refractivity contribution in [3.05, 3.63) is 65.5 Å². The number of ether oxygens (including phenoxy) is 1. The lowest BCUT2D eigenvalue weighted by Gasteiger charge is -2.16. The van der Waals surface area contributed by atoms with Crippen LogP contribution in [0.2, 0.25) is 0 Å². The molecule has 22 heavy (non-hydrogen) atoms. The lowest BCUT2D eigenvalue weighted by molar-refractivity contribution is -0.142. The van der Waals surface area contributed by atoms with Gasteiger partial charge in [-0.25, -0.2) is 4.79 Å². The molecule has 0 saturated heterocycles. The van der Waals surface area contributed by atoms with E-state index in [2.05, 4.69) is 34.2 Å². The van der Waals surface area contributed by atoms with Crippen LogP contribution in [-0.2, 0) is 9.53 Å². The summed E-state index contributed by atoms with van der Waals surface area (Å²) in [6.07, 6.45) is 2.43. The quantitative estimate of drug-likeness (QED) is 0.818. The number of aryl methyl sites for hydroxylation is 1. The third kappa shape index (κ3) is 2.77. The maximum atomic E-state index is 12.1. The normalized spacial score (nSPS) is 20.5. The molecule has 4 nitrogen and oxygen atoms in total. The van der Waals surface area contributed by atoms with Gasteiger partial charge in [-0.2, -0.15) is 0 Å². The summed E-state index contributed by atoms with van der Waals surface area (Å²) in [6.45, 7) is 2.05. The van der Waals surface area contributed by atoms with Gasteiger partial charge in [0.15, 0.2) is 6.04 Å². The summed E-state index contributed by atoms with van der Waals surface area (Å²) in [6, 6.07) is 13.5. The predicted octanol–water partition coefficient (Wildman–Crippen LogP) is 2.91. The summed E-state index contributed by atoms with van der Waals surface area (Å²) < 4.78 is 4.93. The van der Waals surface area contributed by atoms with E-state index in [0.29, 0.717) is 6.42 Å². The molecule has 0 aliphatic carbocycles. The fraction of sp³-hybridized carbons (Fsp3) is 0.278. The van der Waals surface area contributed by atoms with Gasteiger partial charge < -0.3 is 4.74 Å².